The fourth-order valence-corrected chi connectivity index (χ4v) is 5.74. The van der Waals surface area contributed by atoms with Crippen molar-refractivity contribution in [3.05, 3.63) is 155 Å². The van der Waals surface area contributed by atoms with Crippen molar-refractivity contribution < 1.29 is 0 Å². The maximum Gasteiger partial charge on any atom is 0.0714 e. The van der Waals surface area contributed by atoms with E-state index in [4.69, 9.17) is 0 Å². The summed E-state index contributed by atoms with van der Waals surface area (Å²) in [4.78, 5) is 0. The molecule has 6 rings (SSSR count). The van der Waals surface area contributed by atoms with E-state index in [2.05, 4.69) is 153 Å². The number of hydrogen-bond acceptors (Lipinski definition) is 1. The molecule has 5 aromatic rings. The minimum absolute atomic E-state index is 0.142. The highest BCUT2D eigenvalue weighted by molar-refractivity contribution is 5.88. The van der Waals surface area contributed by atoms with Gasteiger partial charge in [0.05, 0.1) is 5.41 Å². The molecule has 5 aromatic carbocycles. The van der Waals surface area contributed by atoms with Crippen LogP contribution in [0, 0.1) is 0 Å². The molecule has 176 valence electrons. The van der Waals surface area contributed by atoms with Crippen LogP contribution < -0.4 is 5.32 Å². The Morgan fingerprint density at radius 1 is 0.500 bits per heavy atom. The molecule has 36 heavy (non-hydrogen) atoms. The van der Waals surface area contributed by atoms with E-state index in [-0.39, 0.29) is 10.8 Å². The SMILES string of the molecule is CC(C)(C)c1ccc(Nc2ccc3c(c2)C(c2ccccc2)(c2ccccc2)c2ccccc2-3)cc1. The summed E-state index contributed by atoms with van der Waals surface area (Å²) >= 11 is 0. The first kappa shape index (κ1) is 22.4. The lowest BCUT2D eigenvalue weighted by Crippen LogP contribution is -2.28. The summed E-state index contributed by atoms with van der Waals surface area (Å²) in [7, 11) is 0. The number of benzene rings is 5. The Bertz CT molecular complexity index is 1470. The van der Waals surface area contributed by atoms with E-state index in [0.717, 1.165) is 11.4 Å². The van der Waals surface area contributed by atoms with Gasteiger partial charge in [0.25, 0.3) is 0 Å². The molecule has 0 saturated heterocycles. The van der Waals surface area contributed by atoms with Gasteiger partial charge in [-0.25, -0.2) is 0 Å². The highest BCUT2D eigenvalue weighted by atomic mass is 14.9. The van der Waals surface area contributed by atoms with Gasteiger partial charge in [-0.2, -0.15) is 0 Å². The predicted molar refractivity (Wildman–Crippen MR) is 152 cm³/mol. The zero-order valence-corrected chi connectivity index (χ0v) is 21.1. The molecule has 1 aliphatic rings. The van der Waals surface area contributed by atoms with Gasteiger partial charge in [-0.1, -0.05) is 124 Å². The normalized spacial score (nSPS) is 13.6. The van der Waals surface area contributed by atoms with Crippen molar-refractivity contribution in [1.82, 2.24) is 0 Å². The van der Waals surface area contributed by atoms with E-state index >= 15 is 0 Å². The molecule has 0 heterocycles. The fourth-order valence-electron chi connectivity index (χ4n) is 5.74. The second-order valence-corrected chi connectivity index (χ2v) is 10.7. The summed E-state index contributed by atoms with van der Waals surface area (Å²) in [5.41, 5.74) is 11.1. The maximum absolute atomic E-state index is 3.68. The Balaban J connectivity index is 1.54. The zero-order chi connectivity index (χ0) is 24.8. The minimum Gasteiger partial charge on any atom is -0.356 e. The molecule has 0 aliphatic heterocycles. The smallest absolute Gasteiger partial charge is 0.0714 e. The molecule has 0 fully saturated rings. The van der Waals surface area contributed by atoms with E-state index in [0.29, 0.717) is 0 Å². The van der Waals surface area contributed by atoms with E-state index in [1.807, 2.05) is 0 Å². The summed E-state index contributed by atoms with van der Waals surface area (Å²) in [6, 6.07) is 46.4. The molecule has 0 unspecified atom stereocenters. The number of fused-ring (bicyclic) bond motifs is 3. The van der Waals surface area contributed by atoms with Crippen molar-refractivity contribution in [3.63, 3.8) is 0 Å². The molecule has 0 radical (unpaired) electrons. The Kier molecular flexibility index (Phi) is 5.30. The first-order valence-corrected chi connectivity index (χ1v) is 12.7. The second kappa shape index (κ2) is 8.53. The van der Waals surface area contributed by atoms with E-state index < -0.39 is 0 Å². The number of nitrogens with one attached hydrogen (secondary N) is 1. The van der Waals surface area contributed by atoms with E-state index in [1.54, 1.807) is 0 Å². The van der Waals surface area contributed by atoms with Crippen LogP contribution in [0.15, 0.2) is 127 Å². The molecule has 0 atom stereocenters. The molecular weight excluding hydrogens is 434 g/mol. The van der Waals surface area contributed by atoms with Crippen LogP contribution in [0.2, 0.25) is 0 Å². The van der Waals surface area contributed by atoms with Gasteiger partial charge < -0.3 is 5.32 Å². The van der Waals surface area contributed by atoms with Gasteiger partial charge in [-0.15, -0.1) is 0 Å². The molecule has 0 amide bonds. The molecule has 1 nitrogen and oxygen atoms in total. The number of hydrogen-bond donors (Lipinski definition) is 1. The monoisotopic (exact) mass is 465 g/mol. The van der Waals surface area contributed by atoms with Crippen molar-refractivity contribution in [3.8, 4) is 11.1 Å². The molecule has 1 N–H and O–H groups in total. The van der Waals surface area contributed by atoms with Crippen LogP contribution in [0.1, 0.15) is 48.6 Å². The fraction of sp³-hybridized carbons (Fsp3) is 0.143. The number of anilines is 2. The molecule has 0 spiro atoms. The zero-order valence-electron chi connectivity index (χ0n) is 21.1. The third-order valence-corrected chi connectivity index (χ3v) is 7.50. The first-order chi connectivity index (χ1) is 17.5. The van der Waals surface area contributed by atoms with Gasteiger partial charge >= 0.3 is 0 Å². The van der Waals surface area contributed by atoms with Crippen LogP contribution in [-0.4, -0.2) is 0 Å². The van der Waals surface area contributed by atoms with Gasteiger partial charge in [0, 0.05) is 11.4 Å². The lowest BCUT2D eigenvalue weighted by Gasteiger charge is -2.34. The largest absolute Gasteiger partial charge is 0.356 e. The Morgan fingerprint density at radius 2 is 1.03 bits per heavy atom. The van der Waals surface area contributed by atoms with Crippen molar-refractivity contribution in [2.75, 3.05) is 5.32 Å². The minimum atomic E-state index is -0.373. The van der Waals surface area contributed by atoms with E-state index in [9.17, 15) is 0 Å². The van der Waals surface area contributed by atoms with Crippen molar-refractivity contribution >= 4 is 11.4 Å². The van der Waals surface area contributed by atoms with Crippen molar-refractivity contribution in [1.29, 1.82) is 0 Å². The summed E-state index contributed by atoms with van der Waals surface area (Å²) in [5, 5.41) is 3.68. The van der Waals surface area contributed by atoms with Crippen LogP contribution in [0.3, 0.4) is 0 Å². The summed E-state index contributed by atoms with van der Waals surface area (Å²) in [6.45, 7) is 6.75. The summed E-state index contributed by atoms with van der Waals surface area (Å²) in [6.07, 6.45) is 0. The van der Waals surface area contributed by atoms with Gasteiger partial charge in [0.1, 0.15) is 0 Å². The highest BCUT2D eigenvalue weighted by Crippen LogP contribution is 2.56. The average molecular weight is 466 g/mol. The van der Waals surface area contributed by atoms with Crippen LogP contribution in [0.25, 0.3) is 11.1 Å². The standard InChI is InChI=1S/C35H31N/c1-34(2,3)25-18-20-28(21-19-25)36-29-22-23-31-30-16-10-11-17-32(30)35(33(31)24-29,26-12-6-4-7-13-26)27-14-8-5-9-15-27/h4-24,36H,1-3H3. The second-order valence-electron chi connectivity index (χ2n) is 10.7. The topological polar surface area (TPSA) is 12.0 Å². The summed E-state index contributed by atoms with van der Waals surface area (Å²) < 4.78 is 0. The van der Waals surface area contributed by atoms with Gasteiger partial charge in [-0.05, 0) is 68.6 Å². The molecule has 1 heteroatoms. The first-order valence-electron chi connectivity index (χ1n) is 12.7. The Labute approximate surface area is 214 Å². The molecular formula is C35H31N. The molecule has 0 saturated carbocycles. The van der Waals surface area contributed by atoms with Gasteiger partial charge in [0.15, 0.2) is 0 Å². The van der Waals surface area contributed by atoms with Crippen molar-refractivity contribution in [2.24, 2.45) is 0 Å². The van der Waals surface area contributed by atoms with Gasteiger partial charge in [0.2, 0.25) is 0 Å². The van der Waals surface area contributed by atoms with Crippen LogP contribution >= 0.6 is 0 Å². The quantitative estimate of drug-likeness (QED) is 0.274. The third-order valence-electron chi connectivity index (χ3n) is 7.50. The summed E-state index contributed by atoms with van der Waals surface area (Å²) in [5.74, 6) is 0. The molecule has 1 aliphatic carbocycles. The average Bonchev–Trinajstić information content (AvgIpc) is 3.20. The van der Waals surface area contributed by atoms with Crippen LogP contribution in [0.5, 0.6) is 0 Å². The van der Waals surface area contributed by atoms with E-state index in [1.165, 1.54) is 38.9 Å². The van der Waals surface area contributed by atoms with Crippen molar-refractivity contribution in [2.45, 2.75) is 31.6 Å². The third kappa shape index (κ3) is 3.55. The lowest BCUT2D eigenvalue weighted by molar-refractivity contribution is 0.590. The van der Waals surface area contributed by atoms with Gasteiger partial charge in [-0.3, -0.25) is 0 Å². The van der Waals surface area contributed by atoms with Crippen LogP contribution in [0.4, 0.5) is 11.4 Å². The number of rotatable bonds is 4. The predicted octanol–water partition coefficient (Wildman–Crippen LogP) is 9.09. The Morgan fingerprint density at radius 3 is 1.64 bits per heavy atom. The Hall–Kier alpha value is -4.10. The van der Waals surface area contributed by atoms with Crippen LogP contribution in [-0.2, 0) is 10.8 Å². The lowest BCUT2D eigenvalue weighted by atomic mass is 9.67. The molecule has 0 aromatic heterocycles. The molecule has 0 bridgehead atoms. The maximum atomic E-state index is 3.68. The highest BCUT2D eigenvalue weighted by Gasteiger charge is 2.45.